The highest BCUT2D eigenvalue weighted by Crippen LogP contribution is 2.39. The molecule has 4 aromatic rings. The summed E-state index contributed by atoms with van der Waals surface area (Å²) in [5.41, 5.74) is 4.65. The Morgan fingerprint density at radius 3 is 2.50 bits per heavy atom. The zero-order valence-corrected chi connectivity index (χ0v) is 13.6. The van der Waals surface area contributed by atoms with Crippen LogP contribution in [0.5, 0.6) is 0 Å². The van der Waals surface area contributed by atoms with Gasteiger partial charge in [-0.1, -0.05) is 12.1 Å². The maximum absolute atomic E-state index is 13.4. The second-order valence-electron chi connectivity index (χ2n) is 5.56. The average Bonchev–Trinajstić information content (AvgIpc) is 3.02. The highest BCUT2D eigenvalue weighted by Gasteiger charge is 2.22. The quantitative estimate of drug-likeness (QED) is 0.564. The third-order valence-electron chi connectivity index (χ3n) is 4.03. The molecule has 5 nitrogen and oxygen atoms in total. The van der Waals surface area contributed by atoms with Crippen molar-refractivity contribution >= 4 is 11.0 Å². The number of nitriles is 1. The molecule has 0 saturated carbocycles. The largest absolute Gasteiger partial charge is 0.398 e. The van der Waals surface area contributed by atoms with Gasteiger partial charge in [0.1, 0.15) is 22.9 Å². The molecule has 0 spiro atoms. The van der Waals surface area contributed by atoms with Gasteiger partial charge in [-0.25, -0.2) is 4.39 Å². The molecular weight excluding hydrogens is 331 g/mol. The molecule has 0 atom stereocenters. The van der Waals surface area contributed by atoms with E-state index in [0.717, 1.165) is 27.9 Å². The van der Waals surface area contributed by atoms with Crippen molar-refractivity contribution in [2.45, 2.75) is 0 Å². The first kappa shape index (κ1) is 15.8. The number of halogens is 1. The molecule has 0 fully saturated rings. The second kappa shape index (κ2) is 6.65. The van der Waals surface area contributed by atoms with Gasteiger partial charge in [-0.15, -0.1) is 0 Å². The highest BCUT2D eigenvalue weighted by molar-refractivity contribution is 6.01. The van der Waals surface area contributed by atoms with Gasteiger partial charge >= 0.3 is 0 Å². The second-order valence-corrected chi connectivity index (χ2v) is 5.56. The summed E-state index contributed by atoms with van der Waals surface area (Å²) in [6, 6.07) is 15.6. The monoisotopic (exact) mass is 344 g/mol. The molecule has 3 aromatic heterocycles. The zero-order valence-electron chi connectivity index (χ0n) is 13.6. The van der Waals surface area contributed by atoms with E-state index >= 15 is 0 Å². The van der Waals surface area contributed by atoms with Crippen molar-refractivity contribution in [2.24, 2.45) is 0 Å². The van der Waals surface area contributed by atoms with Crippen molar-refractivity contribution in [3.8, 4) is 28.5 Å². The van der Waals surface area contributed by atoms with E-state index in [1.54, 1.807) is 41.5 Å². The molecule has 0 aliphatic rings. The first-order valence-electron chi connectivity index (χ1n) is 7.95. The van der Waals surface area contributed by atoms with E-state index < -0.39 is 0 Å². The van der Waals surface area contributed by atoms with Gasteiger partial charge in [0.05, 0.1) is 5.69 Å². The van der Waals surface area contributed by atoms with Crippen molar-refractivity contribution in [3.05, 3.63) is 72.9 Å². The number of rotatable bonds is 4. The third-order valence-corrected chi connectivity index (χ3v) is 4.03. The fourth-order valence-electron chi connectivity index (χ4n) is 2.98. The van der Waals surface area contributed by atoms with Crippen LogP contribution in [0.25, 0.3) is 33.4 Å². The first-order chi connectivity index (χ1) is 12.8. The van der Waals surface area contributed by atoms with Crippen LogP contribution >= 0.6 is 0 Å². The Morgan fingerprint density at radius 2 is 1.77 bits per heavy atom. The van der Waals surface area contributed by atoms with Crippen LogP contribution < -0.4 is 4.84 Å². The van der Waals surface area contributed by atoms with Crippen molar-refractivity contribution < 1.29 is 9.23 Å². The van der Waals surface area contributed by atoms with Gasteiger partial charge in [-0.3, -0.25) is 9.97 Å². The van der Waals surface area contributed by atoms with Crippen molar-refractivity contribution in [2.75, 3.05) is 6.61 Å². The molecule has 26 heavy (non-hydrogen) atoms. The highest BCUT2D eigenvalue weighted by atomic mass is 19.1. The lowest BCUT2D eigenvalue weighted by Crippen LogP contribution is -2.12. The Hall–Kier alpha value is -3.72. The summed E-state index contributed by atoms with van der Waals surface area (Å²) in [7, 11) is 0. The molecule has 6 heteroatoms. The summed E-state index contributed by atoms with van der Waals surface area (Å²) in [6.07, 6.45) is 5.06. The molecule has 0 saturated heterocycles. The van der Waals surface area contributed by atoms with Crippen LogP contribution in [0.3, 0.4) is 0 Å². The van der Waals surface area contributed by atoms with E-state index in [2.05, 4.69) is 9.97 Å². The van der Waals surface area contributed by atoms with Gasteiger partial charge in [-0.2, -0.15) is 9.99 Å². The van der Waals surface area contributed by atoms with Gasteiger partial charge in [0, 0.05) is 29.7 Å². The Kier molecular flexibility index (Phi) is 4.04. The first-order valence-corrected chi connectivity index (χ1v) is 7.95. The van der Waals surface area contributed by atoms with Crippen LogP contribution in [-0.2, 0) is 0 Å². The summed E-state index contributed by atoms with van der Waals surface area (Å²) >= 11 is 0. The maximum atomic E-state index is 13.4. The standard InChI is InChI=1S/C20H13FN4O/c21-16-5-3-14(4-6-16)18-19-17(2-1-10-24-19)25(26-13-9-22)20(18)15-7-11-23-12-8-15/h1-8,10-12H,13H2. The minimum atomic E-state index is -0.309. The molecule has 0 unspecified atom stereocenters. The lowest BCUT2D eigenvalue weighted by molar-refractivity contribution is 0.153. The molecule has 3 heterocycles. The SMILES string of the molecule is N#CCOn1c(-c2ccncc2)c(-c2ccc(F)cc2)c2ncccc21. The van der Waals surface area contributed by atoms with Gasteiger partial charge < -0.3 is 4.84 Å². The van der Waals surface area contributed by atoms with Crippen LogP contribution in [0.1, 0.15) is 0 Å². The predicted octanol–water partition coefficient (Wildman–Crippen LogP) is 3.86. The fourth-order valence-corrected chi connectivity index (χ4v) is 2.98. The van der Waals surface area contributed by atoms with E-state index in [4.69, 9.17) is 10.1 Å². The van der Waals surface area contributed by atoms with E-state index in [-0.39, 0.29) is 12.4 Å². The average molecular weight is 344 g/mol. The van der Waals surface area contributed by atoms with Crippen molar-refractivity contribution in [3.63, 3.8) is 0 Å². The van der Waals surface area contributed by atoms with Crippen molar-refractivity contribution in [1.82, 2.24) is 14.7 Å². The van der Waals surface area contributed by atoms with Crippen LogP contribution in [0.2, 0.25) is 0 Å². The van der Waals surface area contributed by atoms with Crippen molar-refractivity contribution in [1.29, 1.82) is 5.26 Å². The van der Waals surface area contributed by atoms with E-state index in [0.29, 0.717) is 5.52 Å². The minimum absolute atomic E-state index is 0.111. The molecule has 126 valence electrons. The molecule has 0 radical (unpaired) electrons. The molecule has 0 amide bonds. The molecule has 0 aliphatic carbocycles. The summed E-state index contributed by atoms with van der Waals surface area (Å²) in [6.45, 7) is -0.111. The number of aromatic nitrogens is 3. The molecule has 0 N–H and O–H groups in total. The summed E-state index contributed by atoms with van der Waals surface area (Å²) in [5, 5.41) is 8.96. The molecule has 0 bridgehead atoms. The van der Waals surface area contributed by atoms with Crippen LogP contribution in [0.4, 0.5) is 4.39 Å². The van der Waals surface area contributed by atoms with Crippen LogP contribution in [0, 0.1) is 17.1 Å². The number of hydrogen-bond acceptors (Lipinski definition) is 4. The number of fused-ring (bicyclic) bond motifs is 1. The third kappa shape index (κ3) is 2.66. The minimum Gasteiger partial charge on any atom is -0.398 e. The number of hydrogen-bond donors (Lipinski definition) is 0. The summed E-state index contributed by atoms with van der Waals surface area (Å²) in [5.74, 6) is -0.309. The van der Waals surface area contributed by atoms with Gasteiger partial charge in [-0.05, 0) is 42.0 Å². The Labute approximate surface area is 148 Å². The predicted molar refractivity (Wildman–Crippen MR) is 95.4 cm³/mol. The van der Waals surface area contributed by atoms with Gasteiger partial charge in [0.15, 0.2) is 0 Å². The lowest BCUT2D eigenvalue weighted by atomic mass is 10.0. The molecule has 4 rings (SSSR count). The Morgan fingerprint density at radius 1 is 1.00 bits per heavy atom. The van der Waals surface area contributed by atoms with Crippen LogP contribution in [0.15, 0.2) is 67.1 Å². The molecule has 1 aromatic carbocycles. The molecule has 0 aliphatic heterocycles. The topological polar surface area (TPSA) is 63.7 Å². The number of benzene rings is 1. The van der Waals surface area contributed by atoms with E-state index in [9.17, 15) is 4.39 Å². The number of nitrogens with zero attached hydrogens (tertiary/aromatic N) is 4. The van der Waals surface area contributed by atoms with Gasteiger partial charge in [0.2, 0.25) is 6.61 Å². The van der Waals surface area contributed by atoms with Gasteiger partial charge in [0.25, 0.3) is 0 Å². The normalized spacial score (nSPS) is 10.6. The van der Waals surface area contributed by atoms with E-state index in [1.165, 1.54) is 12.1 Å². The Balaban J connectivity index is 2.08. The summed E-state index contributed by atoms with van der Waals surface area (Å²) < 4.78 is 15.0. The fraction of sp³-hybridized carbons (Fsp3) is 0.0500. The Bertz CT molecular complexity index is 1100. The zero-order chi connectivity index (χ0) is 17.9. The lowest BCUT2D eigenvalue weighted by Gasteiger charge is -2.11. The van der Waals surface area contributed by atoms with Crippen LogP contribution in [-0.4, -0.2) is 21.3 Å². The summed E-state index contributed by atoms with van der Waals surface area (Å²) in [4.78, 5) is 14.3. The number of pyridine rings is 2. The smallest absolute Gasteiger partial charge is 0.200 e. The maximum Gasteiger partial charge on any atom is 0.200 e. The van der Waals surface area contributed by atoms with E-state index in [1.807, 2.05) is 24.3 Å². The molecular formula is C20H13FN4O.